The number of ether oxygens (including phenoxy) is 1. The Kier molecular flexibility index (Phi) is 3.68. The van der Waals surface area contributed by atoms with Crippen LogP contribution in [0.15, 0.2) is 0 Å². The summed E-state index contributed by atoms with van der Waals surface area (Å²) in [5, 5.41) is 3.74. The highest BCUT2D eigenvalue weighted by molar-refractivity contribution is 4.88. The van der Waals surface area contributed by atoms with E-state index in [-0.39, 0.29) is 5.60 Å². The highest BCUT2D eigenvalue weighted by Gasteiger charge is 2.32. The summed E-state index contributed by atoms with van der Waals surface area (Å²) in [6.45, 7) is 6.58. The lowest BCUT2D eigenvalue weighted by Crippen LogP contribution is -2.43. The summed E-state index contributed by atoms with van der Waals surface area (Å²) < 4.78 is 5.81. The van der Waals surface area contributed by atoms with Crippen molar-refractivity contribution in [3.05, 3.63) is 0 Å². The van der Waals surface area contributed by atoms with Gasteiger partial charge >= 0.3 is 0 Å². The molecule has 2 rings (SSSR count). The van der Waals surface area contributed by atoms with Gasteiger partial charge in [0.2, 0.25) is 0 Å². The summed E-state index contributed by atoms with van der Waals surface area (Å²) in [6.07, 6.45) is 7.99. The van der Waals surface area contributed by atoms with Crippen LogP contribution >= 0.6 is 0 Å². The Labute approximate surface area is 93.8 Å². The molecule has 1 heterocycles. The Bertz CT molecular complexity index is 199. The Morgan fingerprint density at radius 1 is 1.33 bits per heavy atom. The van der Waals surface area contributed by atoms with Crippen molar-refractivity contribution in [3.63, 3.8) is 0 Å². The Morgan fingerprint density at radius 2 is 2.20 bits per heavy atom. The molecule has 2 heteroatoms. The molecular weight excluding hydrogens is 186 g/mol. The van der Waals surface area contributed by atoms with Crippen LogP contribution in [0.1, 0.15) is 52.4 Å². The smallest absolute Gasteiger partial charge is 0.0779 e. The van der Waals surface area contributed by atoms with Gasteiger partial charge in [0.15, 0.2) is 0 Å². The van der Waals surface area contributed by atoms with Crippen molar-refractivity contribution in [3.8, 4) is 0 Å². The van der Waals surface area contributed by atoms with Crippen molar-refractivity contribution in [2.24, 2.45) is 5.92 Å². The number of rotatable bonds is 4. The zero-order valence-electron chi connectivity index (χ0n) is 10.2. The highest BCUT2D eigenvalue weighted by Crippen LogP contribution is 2.30. The van der Waals surface area contributed by atoms with E-state index in [1.54, 1.807) is 0 Å². The highest BCUT2D eigenvalue weighted by atomic mass is 16.5. The Hall–Kier alpha value is -0.0800. The first-order chi connectivity index (χ1) is 7.23. The largest absolute Gasteiger partial charge is 0.374 e. The molecule has 15 heavy (non-hydrogen) atoms. The predicted octanol–water partition coefficient (Wildman–Crippen LogP) is 2.72. The van der Waals surface area contributed by atoms with Crippen LogP contribution < -0.4 is 5.32 Å². The first kappa shape index (κ1) is 11.4. The summed E-state index contributed by atoms with van der Waals surface area (Å²) in [4.78, 5) is 0. The topological polar surface area (TPSA) is 21.3 Å². The molecule has 3 atom stereocenters. The van der Waals surface area contributed by atoms with Gasteiger partial charge in [-0.3, -0.25) is 0 Å². The molecule has 0 aromatic rings. The van der Waals surface area contributed by atoms with E-state index >= 15 is 0 Å². The van der Waals surface area contributed by atoms with Crippen LogP contribution in [0.4, 0.5) is 0 Å². The van der Waals surface area contributed by atoms with Crippen molar-refractivity contribution in [2.45, 2.75) is 64.0 Å². The lowest BCUT2D eigenvalue weighted by Gasteiger charge is -2.28. The average molecular weight is 211 g/mol. The maximum Gasteiger partial charge on any atom is 0.0779 e. The van der Waals surface area contributed by atoms with Gasteiger partial charge in [0, 0.05) is 19.2 Å². The van der Waals surface area contributed by atoms with E-state index in [2.05, 4.69) is 19.2 Å². The monoisotopic (exact) mass is 211 g/mol. The van der Waals surface area contributed by atoms with Gasteiger partial charge in [-0.25, -0.2) is 0 Å². The van der Waals surface area contributed by atoms with Gasteiger partial charge in [-0.15, -0.1) is 0 Å². The standard InChI is InChI=1S/C13H25NO/c1-3-11-6-4-7-12(11)14-10-13(2)8-5-9-15-13/h11-12,14H,3-10H2,1-2H3. The second-order valence-corrected chi connectivity index (χ2v) is 5.49. The predicted molar refractivity (Wildman–Crippen MR) is 63.0 cm³/mol. The molecule has 1 aliphatic carbocycles. The number of nitrogens with one attached hydrogen (secondary N) is 1. The lowest BCUT2D eigenvalue weighted by atomic mass is 9.98. The minimum atomic E-state index is 0.126. The van der Waals surface area contributed by atoms with E-state index in [1.165, 1.54) is 38.5 Å². The lowest BCUT2D eigenvalue weighted by molar-refractivity contribution is 0.0177. The quantitative estimate of drug-likeness (QED) is 0.772. The van der Waals surface area contributed by atoms with Crippen molar-refractivity contribution in [1.82, 2.24) is 5.32 Å². The van der Waals surface area contributed by atoms with E-state index in [0.29, 0.717) is 0 Å². The van der Waals surface area contributed by atoms with E-state index in [4.69, 9.17) is 4.74 Å². The normalized spacial score (nSPS) is 41.2. The molecule has 0 aromatic heterocycles. The van der Waals surface area contributed by atoms with Gasteiger partial charge in [-0.05, 0) is 38.5 Å². The molecule has 0 bridgehead atoms. The summed E-state index contributed by atoms with van der Waals surface area (Å²) in [5.41, 5.74) is 0.126. The molecule has 1 N–H and O–H groups in total. The van der Waals surface area contributed by atoms with Crippen LogP contribution in [0.3, 0.4) is 0 Å². The third kappa shape index (κ3) is 2.73. The second-order valence-electron chi connectivity index (χ2n) is 5.49. The molecule has 0 radical (unpaired) electrons. The van der Waals surface area contributed by atoms with Crippen molar-refractivity contribution >= 4 is 0 Å². The molecule has 88 valence electrons. The zero-order valence-corrected chi connectivity index (χ0v) is 10.2. The van der Waals surface area contributed by atoms with E-state index < -0.39 is 0 Å². The minimum absolute atomic E-state index is 0.126. The molecule has 2 fully saturated rings. The van der Waals surface area contributed by atoms with Gasteiger partial charge < -0.3 is 10.1 Å². The third-order valence-electron chi connectivity index (χ3n) is 4.22. The van der Waals surface area contributed by atoms with Crippen molar-refractivity contribution < 1.29 is 4.74 Å². The van der Waals surface area contributed by atoms with Gasteiger partial charge in [0.05, 0.1) is 5.60 Å². The molecule has 1 aliphatic heterocycles. The fraction of sp³-hybridized carbons (Fsp3) is 1.00. The molecule has 2 aliphatic rings. The number of hydrogen-bond donors (Lipinski definition) is 1. The van der Waals surface area contributed by atoms with Crippen LogP contribution in [0.25, 0.3) is 0 Å². The summed E-state index contributed by atoms with van der Waals surface area (Å²) in [6, 6.07) is 0.760. The van der Waals surface area contributed by atoms with Gasteiger partial charge in [-0.2, -0.15) is 0 Å². The molecule has 0 aromatic carbocycles. The third-order valence-corrected chi connectivity index (χ3v) is 4.22. The molecule has 1 saturated carbocycles. The average Bonchev–Trinajstić information content (AvgIpc) is 2.84. The van der Waals surface area contributed by atoms with Gasteiger partial charge in [0.1, 0.15) is 0 Å². The Morgan fingerprint density at radius 3 is 2.87 bits per heavy atom. The van der Waals surface area contributed by atoms with Crippen LogP contribution in [0.2, 0.25) is 0 Å². The molecule has 2 nitrogen and oxygen atoms in total. The van der Waals surface area contributed by atoms with Crippen molar-refractivity contribution in [2.75, 3.05) is 13.2 Å². The molecule has 0 spiro atoms. The maximum absolute atomic E-state index is 5.81. The van der Waals surface area contributed by atoms with Gasteiger partial charge in [-0.1, -0.05) is 19.8 Å². The van der Waals surface area contributed by atoms with Crippen LogP contribution in [-0.4, -0.2) is 24.8 Å². The van der Waals surface area contributed by atoms with E-state index in [0.717, 1.165) is 25.1 Å². The maximum atomic E-state index is 5.81. The minimum Gasteiger partial charge on any atom is -0.374 e. The van der Waals surface area contributed by atoms with Crippen LogP contribution in [0.5, 0.6) is 0 Å². The fourth-order valence-corrected chi connectivity index (χ4v) is 3.12. The molecule has 1 saturated heterocycles. The van der Waals surface area contributed by atoms with Gasteiger partial charge in [0.25, 0.3) is 0 Å². The number of hydrogen-bond acceptors (Lipinski definition) is 2. The second kappa shape index (κ2) is 4.84. The fourth-order valence-electron chi connectivity index (χ4n) is 3.12. The SMILES string of the molecule is CCC1CCCC1NCC1(C)CCCO1. The summed E-state index contributed by atoms with van der Waals surface area (Å²) in [5.74, 6) is 0.912. The van der Waals surface area contributed by atoms with Crippen molar-refractivity contribution in [1.29, 1.82) is 0 Å². The van der Waals surface area contributed by atoms with E-state index in [1.807, 2.05) is 0 Å². The zero-order chi connectivity index (χ0) is 10.7. The molecular formula is C13H25NO. The summed E-state index contributed by atoms with van der Waals surface area (Å²) in [7, 11) is 0. The van der Waals surface area contributed by atoms with Crippen LogP contribution in [0, 0.1) is 5.92 Å². The van der Waals surface area contributed by atoms with Crippen LogP contribution in [-0.2, 0) is 4.74 Å². The first-order valence-electron chi connectivity index (χ1n) is 6.61. The van der Waals surface area contributed by atoms with E-state index in [9.17, 15) is 0 Å². The molecule has 3 unspecified atom stereocenters. The molecule has 0 amide bonds. The summed E-state index contributed by atoms with van der Waals surface area (Å²) >= 11 is 0. The Balaban J connectivity index is 1.77. The first-order valence-corrected chi connectivity index (χ1v) is 6.61.